The van der Waals surface area contributed by atoms with Gasteiger partial charge in [0.05, 0.1) is 4.92 Å². The molecule has 0 aliphatic heterocycles. The molecule has 0 spiro atoms. The fourth-order valence-electron chi connectivity index (χ4n) is 3.35. The number of nitrogens with one attached hydrogen (secondary N) is 2. The summed E-state index contributed by atoms with van der Waals surface area (Å²) in [6.45, 7) is 0. The van der Waals surface area contributed by atoms with E-state index < -0.39 is 4.92 Å². The van der Waals surface area contributed by atoms with Crippen LogP contribution in [-0.2, 0) is 0 Å². The molecule has 3 heterocycles. The number of aromatic nitrogens is 4. The number of nitrogens with zero attached hydrogens (tertiary/aromatic N) is 4. The number of hydrogen-bond acceptors (Lipinski definition) is 5. The summed E-state index contributed by atoms with van der Waals surface area (Å²) < 4.78 is 1.57. The van der Waals surface area contributed by atoms with Crippen molar-refractivity contribution in [2.75, 3.05) is 5.43 Å². The third-order valence-electron chi connectivity index (χ3n) is 4.80. The van der Waals surface area contributed by atoms with E-state index in [-0.39, 0.29) is 11.6 Å². The van der Waals surface area contributed by atoms with Crippen molar-refractivity contribution < 1.29 is 9.72 Å². The molecule has 0 aliphatic carbocycles. The molecule has 9 nitrogen and oxygen atoms in total. The maximum absolute atomic E-state index is 12.8. The maximum atomic E-state index is 12.8. The molecule has 3 aromatic heterocycles. The van der Waals surface area contributed by atoms with E-state index in [9.17, 15) is 14.9 Å². The number of nitro groups is 1. The third kappa shape index (κ3) is 2.85. The van der Waals surface area contributed by atoms with Gasteiger partial charge in [0, 0.05) is 46.6 Å². The highest BCUT2D eigenvalue weighted by Gasteiger charge is 2.20. The van der Waals surface area contributed by atoms with Crippen molar-refractivity contribution >= 4 is 33.7 Å². The van der Waals surface area contributed by atoms with Crippen LogP contribution in [0.2, 0.25) is 0 Å². The van der Waals surface area contributed by atoms with Gasteiger partial charge in [-0.3, -0.25) is 25.3 Å². The summed E-state index contributed by atoms with van der Waals surface area (Å²) in [4.78, 5) is 35.3. The minimum absolute atomic E-state index is 0.0197. The minimum atomic E-state index is -0.459. The molecule has 30 heavy (non-hydrogen) atoms. The van der Waals surface area contributed by atoms with Gasteiger partial charge in [0.2, 0.25) is 0 Å². The van der Waals surface area contributed by atoms with Gasteiger partial charge in [-0.05, 0) is 30.3 Å². The van der Waals surface area contributed by atoms with Gasteiger partial charge in [0.1, 0.15) is 5.52 Å². The van der Waals surface area contributed by atoms with Gasteiger partial charge in [0.25, 0.3) is 11.6 Å². The zero-order chi connectivity index (χ0) is 20.7. The fourth-order valence-corrected chi connectivity index (χ4v) is 3.35. The second-order valence-electron chi connectivity index (χ2n) is 6.62. The summed E-state index contributed by atoms with van der Waals surface area (Å²) in [5, 5.41) is 11.9. The Morgan fingerprint density at radius 2 is 1.77 bits per heavy atom. The van der Waals surface area contributed by atoms with Crippen LogP contribution in [0.15, 0.2) is 73.1 Å². The highest BCUT2D eigenvalue weighted by atomic mass is 16.6. The largest absolute Gasteiger partial charge is 0.338 e. The second kappa shape index (κ2) is 6.82. The predicted molar refractivity (Wildman–Crippen MR) is 112 cm³/mol. The van der Waals surface area contributed by atoms with Crippen LogP contribution in [0.3, 0.4) is 0 Å². The number of H-pyrrole nitrogens is 1. The average molecular weight is 398 g/mol. The summed E-state index contributed by atoms with van der Waals surface area (Å²) in [6.07, 6.45) is 3.08. The molecule has 2 N–H and O–H groups in total. The van der Waals surface area contributed by atoms with E-state index in [2.05, 4.69) is 15.4 Å². The van der Waals surface area contributed by atoms with Crippen LogP contribution in [0, 0.1) is 10.1 Å². The van der Waals surface area contributed by atoms with Crippen molar-refractivity contribution in [1.29, 1.82) is 0 Å². The number of carbonyl (C=O) groups excluding carboxylic acids is 1. The molecule has 146 valence electrons. The van der Waals surface area contributed by atoms with Gasteiger partial charge in [-0.1, -0.05) is 18.2 Å². The number of para-hydroxylation sites is 1. The van der Waals surface area contributed by atoms with Crippen LogP contribution in [0.25, 0.3) is 33.5 Å². The molecule has 5 rings (SSSR count). The number of hydrogen-bond donors (Lipinski definition) is 2. The molecule has 0 unspecified atom stereocenters. The number of aromatic amines is 1. The molecule has 1 amide bonds. The third-order valence-corrected chi connectivity index (χ3v) is 4.80. The number of rotatable bonds is 4. The Hall–Kier alpha value is -4.53. The van der Waals surface area contributed by atoms with Crippen molar-refractivity contribution in [3.8, 4) is 11.4 Å². The van der Waals surface area contributed by atoms with Crippen LogP contribution in [0.4, 0.5) is 5.69 Å². The summed E-state index contributed by atoms with van der Waals surface area (Å²) in [7, 11) is 0. The van der Waals surface area contributed by atoms with E-state index in [0.29, 0.717) is 28.1 Å². The highest BCUT2D eigenvalue weighted by molar-refractivity contribution is 6.07. The van der Waals surface area contributed by atoms with Crippen LogP contribution in [0.1, 0.15) is 10.4 Å². The Morgan fingerprint density at radius 1 is 1.03 bits per heavy atom. The lowest BCUT2D eigenvalue weighted by atomic mass is 10.2. The molecule has 0 atom stereocenters. The molecule has 9 heteroatoms. The van der Waals surface area contributed by atoms with E-state index in [1.54, 1.807) is 41.3 Å². The van der Waals surface area contributed by atoms with Gasteiger partial charge in [-0.15, -0.1) is 0 Å². The standard InChI is InChI=1S/C21H14N6O3/c28-21(14-9-11-22-12-10-14)25-26-19(13-5-7-15(8-6-13)27(29)30)24-18-16-3-1-2-4-17(16)23-20(18)26/h1-12,23H,(H,25,28). The topological polar surface area (TPSA) is 119 Å². The molecule has 0 bridgehead atoms. The van der Waals surface area contributed by atoms with E-state index in [0.717, 1.165) is 10.9 Å². The first-order chi connectivity index (χ1) is 14.6. The normalized spacial score (nSPS) is 11.1. The van der Waals surface area contributed by atoms with Crippen molar-refractivity contribution in [2.45, 2.75) is 0 Å². The number of amides is 1. The number of fused-ring (bicyclic) bond motifs is 3. The van der Waals surface area contributed by atoms with Gasteiger partial charge in [0.15, 0.2) is 11.5 Å². The van der Waals surface area contributed by atoms with Crippen molar-refractivity contribution in [3.05, 3.63) is 88.7 Å². The van der Waals surface area contributed by atoms with Crippen molar-refractivity contribution in [1.82, 2.24) is 19.6 Å². The lowest BCUT2D eigenvalue weighted by Crippen LogP contribution is -2.23. The molecular formula is C21H14N6O3. The van der Waals surface area contributed by atoms with E-state index in [1.807, 2.05) is 24.3 Å². The quantitative estimate of drug-likeness (QED) is 0.352. The number of non-ortho nitro benzene ring substituents is 1. The van der Waals surface area contributed by atoms with Crippen molar-refractivity contribution in [3.63, 3.8) is 0 Å². The molecule has 5 aromatic rings. The Bertz CT molecular complexity index is 1400. The molecule has 0 saturated heterocycles. The van der Waals surface area contributed by atoms with Gasteiger partial charge in [-0.2, -0.15) is 0 Å². The summed E-state index contributed by atoms with van der Waals surface area (Å²) >= 11 is 0. The Balaban J connectivity index is 1.68. The zero-order valence-corrected chi connectivity index (χ0v) is 15.4. The zero-order valence-electron chi connectivity index (χ0n) is 15.4. The molecule has 0 saturated carbocycles. The highest BCUT2D eigenvalue weighted by Crippen LogP contribution is 2.30. The molecular weight excluding hydrogens is 384 g/mol. The lowest BCUT2D eigenvalue weighted by Gasteiger charge is -2.10. The number of imidazole rings is 1. The molecule has 2 aromatic carbocycles. The first-order valence-corrected chi connectivity index (χ1v) is 9.07. The average Bonchev–Trinajstić information content (AvgIpc) is 3.31. The number of benzene rings is 2. The number of nitro benzene ring substituents is 1. The van der Waals surface area contributed by atoms with E-state index in [1.165, 1.54) is 12.1 Å². The summed E-state index contributed by atoms with van der Waals surface area (Å²) in [5.74, 6) is 0.123. The van der Waals surface area contributed by atoms with Gasteiger partial charge < -0.3 is 4.98 Å². The van der Waals surface area contributed by atoms with Crippen molar-refractivity contribution in [2.24, 2.45) is 0 Å². The van der Waals surface area contributed by atoms with E-state index >= 15 is 0 Å². The first kappa shape index (κ1) is 17.6. The summed E-state index contributed by atoms with van der Waals surface area (Å²) in [6, 6.07) is 16.9. The fraction of sp³-hybridized carbons (Fsp3) is 0. The monoisotopic (exact) mass is 398 g/mol. The minimum Gasteiger partial charge on any atom is -0.338 e. The molecule has 0 fully saturated rings. The molecule has 0 aliphatic rings. The Labute approximate surface area is 169 Å². The Kier molecular flexibility index (Phi) is 3.99. The van der Waals surface area contributed by atoms with Crippen LogP contribution in [0.5, 0.6) is 0 Å². The van der Waals surface area contributed by atoms with Crippen LogP contribution < -0.4 is 5.43 Å². The van der Waals surface area contributed by atoms with Gasteiger partial charge >= 0.3 is 0 Å². The van der Waals surface area contributed by atoms with Gasteiger partial charge in [-0.25, -0.2) is 9.66 Å². The maximum Gasteiger partial charge on any atom is 0.270 e. The second-order valence-corrected chi connectivity index (χ2v) is 6.62. The molecule has 0 radical (unpaired) electrons. The van der Waals surface area contributed by atoms with Crippen LogP contribution >= 0.6 is 0 Å². The smallest absolute Gasteiger partial charge is 0.270 e. The predicted octanol–water partition coefficient (Wildman–Crippen LogP) is 3.87. The van der Waals surface area contributed by atoms with E-state index in [4.69, 9.17) is 4.98 Å². The SMILES string of the molecule is O=C(Nn1c(-c2ccc([N+](=O)[O-])cc2)nc2c3ccccc3[nH]c21)c1ccncc1. The summed E-state index contributed by atoms with van der Waals surface area (Å²) in [5.41, 5.74) is 6.11. The first-order valence-electron chi connectivity index (χ1n) is 9.07. The lowest BCUT2D eigenvalue weighted by molar-refractivity contribution is -0.384. The Morgan fingerprint density at radius 3 is 2.50 bits per heavy atom. The number of carbonyl (C=O) groups is 1. The van der Waals surface area contributed by atoms with Crippen LogP contribution in [-0.4, -0.2) is 30.5 Å². The number of pyridine rings is 1.